The molecule has 1 aliphatic rings. The van der Waals surface area contributed by atoms with Crippen LogP contribution in [0.25, 0.3) is 0 Å². The van der Waals surface area contributed by atoms with Gasteiger partial charge in [-0.1, -0.05) is 38.9 Å². The van der Waals surface area contributed by atoms with E-state index in [1.165, 1.54) is 37.8 Å². The smallest absolute Gasteiger partial charge is 0.104 e. The Kier molecular flexibility index (Phi) is 5.26. The number of aryl methyl sites for hydroxylation is 1. The SMILES string of the molecule is Cc1cc(NCC2(CC(C)C)CCCC2)ccc1C(N)=S. The van der Waals surface area contributed by atoms with Gasteiger partial charge in [0.2, 0.25) is 0 Å². The first-order chi connectivity index (χ1) is 9.92. The zero-order chi connectivity index (χ0) is 15.5. The Bertz CT molecular complexity index is 502. The third-order valence-electron chi connectivity index (χ3n) is 4.66. The van der Waals surface area contributed by atoms with Crippen molar-refractivity contribution in [1.29, 1.82) is 0 Å². The summed E-state index contributed by atoms with van der Waals surface area (Å²) in [6.07, 6.45) is 6.82. The zero-order valence-corrected chi connectivity index (χ0v) is 14.4. The maximum atomic E-state index is 5.73. The van der Waals surface area contributed by atoms with Gasteiger partial charge in [-0.15, -0.1) is 0 Å². The minimum absolute atomic E-state index is 0.478. The molecule has 0 aromatic heterocycles. The molecule has 0 unspecified atom stereocenters. The van der Waals surface area contributed by atoms with Crippen LogP contribution in [0.4, 0.5) is 5.69 Å². The van der Waals surface area contributed by atoms with Gasteiger partial charge in [0.25, 0.3) is 0 Å². The Morgan fingerprint density at radius 3 is 2.52 bits per heavy atom. The normalized spacial score (nSPS) is 17.1. The molecule has 1 fully saturated rings. The summed E-state index contributed by atoms with van der Waals surface area (Å²) >= 11 is 5.07. The van der Waals surface area contributed by atoms with Gasteiger partial charge in [-0.25, -0.2) is 0 Å². The first-order valence-electron chi connectivity index (χ1n) is 8.06. The van der Waals surface area contributed by atoms with Crippen molar-refractivity contribution in [2.24, 2.45) is 17.1 Å². The molecule has 1 aromatic rings. The van der Waals surface area contributed by atoms with Crippen LogP contribution < -0.4 is 11.1 Å². The Labute approximate surface area is 134 Å². The van der Waals surface area contributed by atoms with Gasteiger partial charge >= 0.3 is 0 Å². The average Bonchev–Trinajstić information content (AvgIpc) is 2.84. The van der Waals surface area contributed by atoms with Crippen LogP contribution >= 0.6 is 12.2 Å². The van der Waals surface area contributed by atoms with E-state index in [0.717, 1.165) is 23.6 Å². The Morgan fingerprint density at radius 1 is 1.33 bits per heavy atom. The van der Waals surface area contributed by atoms with Crippen LogP contribution in [0.2, 0.25) is 0 Å². The monoisotopic (exact) mass is 304 g/mol. The molecule has 0 saturated heterocycles. The summed E-state index contributed by atoms with van der Waals surface area (Å²) in [5.41, 5.74) is 9.53. The fourth-order valence-corrected chi connectivity index (χ4v) is 4.01. The lowest BCUT2D eigenvalue weighted by molar-refractivity contribution is 0.252. The largest absolute Gasteiger partial charge is 0.389 e. The molecule has 0 heterocycles. The summed E-state index contributed by atoms with van der Waals surface area (Å²) in [5.74, 6) is 0.767. The van der Waals surface area contributed by atoms with E-state index in [4.69, 9.17) is 18.0 Å². The molecule has 0 bridgehead atoms. The highest BCUT2D eigenvalue weighted by Crippen LogP contribution is 2.43. The molecule has 116 valence electrons. The summed E-state index contributed by atoms with van der Waals surface area (Å²) in [6, 6.07) is 6.29. The number of nitrogens with one attached hydrogen (secondary N) is 1. The second kappa shape index (κ2) is 6.78. The molecule has 0 radical (unpaired) electrons. The van der Waals surface area contributed by atoms with Crippen LogP contribution in [0.5, 0.6) is 0 Å². The Morgan fingerprint density at radius 2 is 2.00 bits per heavy atom. The highest BCUT2D eigenvalue weighted by atomic mass is 32.1. The van der Waals surface area contributed by atoms with Crippen molar-refractivity contribution in [1.82, 2.24) is 0 Å². The maximum absolute atomic E-state index is 5.73. The topological polar surface area (TPSA) is 38.0 Å². The zero-order valence-electron chi connectivity index (χ0n) is 13.5. The van der Waals surface area contributed by atoms with E-state index in [1.807, 2.05) is 6.07 Å². The van der Waals surface area contributed by atoms with Gasteiger partial charge in [0.15, 0.2) is 0 Å². The van der Waals surface area contributed by atoms with Crippen molar-refractivity contribution < 1.29 is 0 Å². The first-order valence-corrected chi connectivity index (χ1v) is 8.47. The fraction of sp³-hybridized carbons (Fsp3) is 0.611. The van der Waals surface area contributed by atoms with Crippen molar-refractivity contribution >= 4 is 22.9 Å². The summed E-state index contributed by atoms with van der Waals surface area (Å²) < 4.78 is 0. The number of anilines is 1. The van der Waals surface area contributed by atoms with Crippen molar-refractivity contribution in [2.45, 2.75) is 52.9 Å². The number of benzene rings is 1. The van der Waals surface area contributed by atoms with Gasteiger partial charge < -0.3 is 11.1 Å². The lowest BCUT2D eigenvalue weighted by Crippen LogP contribution is -2.28. The lowest BCUT2D eigenvalue weighted by atomic mass is 9.78. The van der Waals surface area contributed by atoms with Crippen molar-refractivity contribution in [3.63, 3.8) is 0 Å². The third-order valence-corrected chi connectivity index (χ3v) is 4.88. The van der Waals surface area contributed by atoms with Gasteiger partial charge in [0.05, 0.1) is 0 Å². The number of rotatable bonds is 6. The van der Waals surface area contributed by atoms with Gasteiger partial charge in [0.1, 0.15) is 4.99 Å². The predicted molar refractivity (Wildman–Crippen MR) is 95.9 cm³/mol. The van der Waals surface area contributed by atoms with E-state index in [0.29, 0.717) is 10.4 Å². The molecule has 3 N–H and O–H groups in total. The molecule has 0 amide bonds. The van der Waals surface area contributed by atoms with E-state index >= 15 is 0 Å². The van der Waals surface area contributed by atoms with E-state index in [1.54, 1.807) is 0 Å². The number of nitrogens with two attached hydrogens (primary N) is 1. The van der Waals surface area contributed by atoms with Crippen LogP contribution in [-0.2, 0) is 0 Å². The van der Waals surface area contributed by atoms with Crippen LogP contribution in [0.1, 0.15) is 57.1 Å². The van der Waals surface area contributed by atoms with Crippen molar-refractivity contribution in [2.75, 3.05) is 11.9 Å². The van der Waals surface area contributed by atoms with Gasteiger partial charge in [-0.05, 0) is 61.3 Å². The number of hydrogen-bond donors (Lipinski definition) is 2. The fourth-order valence-electron chi connectivity index (χ4n) is 3.78. The molecule has 2 nitrogen and oxygen atoms in total. The standard InChI is InChI=1S/C18H28N2S/c1-13(2)11-18(8-4-5-9-18)12-20-15-6-7-16(17(19)21)14(3)10-15/h6-7,10,13,20H,4-5,8-9,11-12H2,1-3H3,(H2,19,21). The highest BCUT2D eigenvalue weighted by molar-refractivity contribution is 7.80. The summed E-state index contributed by atoms with van der Waals surface area (Å²) in [4.78, 5) is 0.478. The van der Waals surface area contributed by atoms with Crippen LogP contribution in [0.3, 0.4) is 0 Å². The van der Waals surface area contributed by atoms with E-state index in [-0.39, 0.29) is 0 Å². The average molecular weight is 305 g/mol. The van der Waals surface area contributed by atoms with Gasteiger partial charge in [0, 0.05) is 17.8 Å². The molecule has 3 heteroatoms. The Balaban J connectivity index is 2.04. The molecule has 1 saturated carbocycles. The number of thiocarbonyl (C=S) groups is 1. The third kappa shape index (κ3) is 4.19. The molecule has 1 aromatic carbocycles. The molecule has 21 heavy (non-hydrogen) atoms. The summed E-state index contributed by atoms with van der Waals surface area (Å²) in [5, 5.41) is 3.66. The molecular formula is C18H28N2S. The first kappa shape index (κ1) is 16.3. The number of hydrogen-bond acceptors (Lipinski definition) is 2. The van der Waals surface area contributed by atoms with Crippen molar-refractivity contribution in [3.05, 3.63) is 29.3 Å². The lowest BCUT2D eigenvalue weighted by Gasteiger charge is -2.31. The summed E-state index contributed by atoms with van der Waals surface area (Å²) in [7, 11) is 0. The quantitative estimate of drug-likeness (QED) is 0.751. The van der Waals surface area contributed by atoms with E-state index < -0.39 is 0 Å². The molecule has 0 spiro atoms. The van der Waals surface area contributed by atoms with Crippen LogP contribution in [0.15, 0.2) is 18.2 Å². The van der Waals surface area contributed by atoms with Crippen LogP contribution in [0, 0.1) is 18.3 Å². The summed E-state index contributed by atoms with van der Waals surface area (Å²) in [6.45, 7) is 7.82. The van der Waals surface area contributed by atoms with Crippen LogP contribution in [-0.4, -0.2) is 11.5 Å². The highest BCUT2D eigenvalue weighted by Gasteiger charge is 2.34. The minimum Gasteiger partial charge on any atom is -0.389 e. The van der Waals surface area contributed by atoms with Gasteiger partial charge in [-0.2, -0.15) is 0 Å². The Hall–Kier alpha value is -1.09. The second-order valence-electron chi connectivity index (χ2n) is 7.05. The second-order valence-corrected chi connectivity index (χ2v) is 7.49. The van der Waals surface area contributed by atoms with Gasteiger partial charge in [-0.3, -0.25) is 0 Å². The van der Waals surface area contributed by atoms with E-state index in [2.05, 4.69) is 38.2 Å². The molecular weight excluding hydrogens is 276 g/mol. The molecule has 1 aliphatic carbocycles. The molecule has 0 atom stereocenters. The predicted octanol–water partition coefficient (Wildman–Crippen LogP) is 4.65. The minimum atomic E-state index is 0.478. The van der Waals surface area contributed by atoms with Crippen molar-refractivity contribution in [3.8, 4) is 0 Å². The molecule has 0 aliphatic heterocycles. The maximum Gasteiger partial charge on any atom is 0.104 e. The molecule has 2 rings (SSSR count). The van der Waals surface area contributed by atoms with E-state index in [9.17, 15) is 0 Å².